The molecule has 17 heavy (non-hydrogen) atoms. The third-order valence-electron chi connectivity index (χ3n) is 3.04. The fourth-order valence-electron chi connectivity index (χ4n) is 1.96. The van der Waals surface area contributed by atoms with E-state index in [1.54, 1.807) is 11.3 Å². The van der Waals surface area contributed by atoms with Gasteiger partial charge < -0.3 is 5.73 Å². The van der Waals surface area contributed by atoms with Crippen LogP contribution in [0.3, 0.4) is 0 Å². The van der Waals surface area contributed by atoms with Gasteiger partial charge in [0, 0.05) is 33.1 Å². The zero-order valence-electron chi connectivity index (χ0n) is 10.6. The monoisotopic (exact) mass is 336 g/mol. The van der Waals surface area contributed by atoms with Gasteiger partial charge in [-0.25, -0.2) is 0 Å². The van der Waals surface area contributed by atoms with Crippen molar-refractivity contribution in [3.63, 3.8) is 0 Å². The maximum Gasteiger partial charge on any atom is 0.0564 e. The molecule has 0 spiro atoms. The predicted octanol–water partition coefficient (Wildman–Crippen LogP) is 3.58. The normalized spacial score (nSPS) is 15.2. The van der Waals surface area contributed by atoms with Gasteiger partial charge >= 0.3 is 0 Å². The Kier molecular flexibility index (Phi) is 7.11. The van der Waals surface area contributed by atoms with Crippen LogP contribution < -0.4 is 5.73 Å². The zero-order chi connectivity index (χ0) is 12.8. The molecule has 2 N–H and O–H groups in total. The van der Waals surface area contributed by atoms with Gasteiger partial charge in [0.1, 0.15) is 0 Å². The number of thiophene rings is 1. The summed E-state index contributed by atoms with van der Waals surface area (Å²) < 4.78 is 1.15. The number of nitrogens with two attached hydrogens (primary N) is 1. The van der Waals surface area contributed by atoms with Gasteiger partial charge in [0.15, 0.2) is 0 Å². The molecule has 0 fully saturated rings. The molecule has 0 amide bonds. The Hall–Kier alpha value is 0.450. The molecule has 0 bridgehead atoms. The number of hydrogen-bond donors (Lipinski definition) is 1. The molecule has 0 aliphatic heterocycles. The first-order valence-corrected chi connectivity index (χ1v) is 8.85. The third kappa shape index (κ3) is 4.24. The van der Waals surface area contributed by atoms with Gasteiger partial charge in [0.05, 0.1) is 6.04 Å². The van der Waals surface area contributed by atoms with E-state index in [-0.39, 0.29) is 0 Å². The molecule has 1 heterocycles. The fourth-order valence-corrected chi connectivity index (χ4v) is 4.42. The molecule has 5 heteroatoms. The molecule has 1 aromatic rings. The Labute approximate surface area is 121 Å². The largest absolute Gasteiger partial charge is 0.329 e. The van der Waals surface area contributed by atoms with E-state index in [9.17, 15) is 0 Å². The number of thioether (sulfide) groups is 1. The van der Waals surface area contributed by atoms with Crippen LogP contribution >= 0.6 is 39.0 Å². The second kappa shape index (κ2) is 7.79. The van der Waals surface area contributed by atoms with Crippen molar-refractivity contribution >= 4 is 39.0 Å². The fraction of sp³-hybridized carbons (Fsp3) is 0.667. The Morgan fingerprint density at radius 3 is 2.71 bits per heavy atom. The summed E-state index contributed by atoms with van der Waals surface area (Å²) in [6.45, 7) is 2.92. The quantitative estimate of drug-likeness (QED) is 0.825. The average molecular weight is 337 g/mol. The average Bonchev–Trinajstić information content (AvgIpc) is 2.73. The Morgan fingerprint density at radius 2 is 2.29 bits per heavy atom. The second-order valence-electron chi connectivity index (χ2n) is 4.10. The summed E-state index contributed by atoms with van der Waals surface area (Å²) in [5.41, 5.74) is 5.95. The molecule has 2 nitrogen and oxygen atoms in total. The van der Waals surface area contributed by atoms with Crippen LogP contribution in [-0.4, -0.2) is 36.5 Å². The van der Waals surface area contributed by atoms with Gasteiger partial charge in [-0.1, -0.05) is 6.92 Å². The van der Waals surface area contributed by atoms with Crippen molar-refractivity contribution in [2.45, 2.75) is 25.4 Å². The van der Waals surface area contributed by atoms with Gasteiger partial charge in [0.25, 0.3) is 0 Å². The van der Waals surface area contributed by atoms with Gasteiger partial charge in [-0.3, -0.25) is 4.90 Å². The van der Waals surface area contributed by atoms with Crippen LogP contribution in [-0.2, 0) is 0 Å². The molecule has 0 saturated heterocycles. The molecule has 1 aromatic heterocycles. The van der Waals surface area contributed by atoms with E-state index in [0.29, 0.717) is 18.6 Å². The van der Waals surface area contributed by atoms with Gasteiger partial charge in [-0.05, 0) is 41.7 Å². The summed E-state index contributed by atoms with van der Waals surface area (Å²) in [6.07, 6.45) is 3.33. The summed E-state index contributed by atoms with van der Waals surface area (Å²) in [5, 5.41) is 2.13. The lowest BCUT2D eigenvalue weighted by molar-refractivity contribution is 0.190. The number of hydrogen-bond acceptors (Lipinski definition) is 4. The molecular weight excluding hydrogens is 316 g/mol. The number of nitrogens with zero attached hydrogens (tertiary/aromatic N) is 1. The van der Waals surface area contributed by atoms with Crippen LogP contribution in [0.25, 0.3) is 0 Å². The van der Waals surface area contributed by atoms with Crippen molar-refractivity contribution in [3.8, 4) is 0 Å². The Balaban J connectivity index is 2.78. The zero-order valence-corrected chi connectivity index (χ0v) is 13.9. The van der Waals surface area contributed by atoms with Gasteiger partial charge in [-0.15, -0.1) is 11.3 Å². The van der Waals surface area contributed by atoms with Gasteiger partial charge in [0.2, 0.25) is 0 Å². The number of likely N-dealkylation sites (N-methyl/N-ethyl adjacent to an activating group) is 1. The van der Waals surface area contributed by atoms with E-state index in [0.717, 1.165) is 10.2 Å². The highest BCUT2D eigenvalue weighted by Crippen LogP contribution is 2.30. The van der Waals surface area contributed by atoms with Crippen molar-refractivity contribution in [3.05, 3.63) is 20.8 Å². The van der Waals surface area contributed by atoms with Crippen molar-refractivity contribution < 1.29 is 0 Å². The van der Waals surface area contributed by atoms with E-state index in [2.05, 4.69) is 52.5 Å². The van der Waals surface area contributed by atoms with Crippen molar-refractivity contribution in [1.82, 2.24) is 4.90 Å². The predicted molar refractivity (Wildman–Crippen MR) is 84.0 cm³/mol. The highest BCUT2D eigenvalue weighted by atomic mass is 79.9. The lowest BCUT2D eigenvalue weighted by Crippen LogP contribution is -2.39. The van der Waals surface area contributed by atoms with Crippen LogP contribution in [0.4, 0.5) is 0 Å². The molecule has 0 aliphatic carbocycles. The van der Waals surface area contributed by atoms with E-state index in [4.69, 9.17) is 5.73 Å². The van der Waals surface area contributed by atoms with E-state index < -0.39 is 0 Å². The molecule has 2 atom stereocenters. The summed E-state index contributed by atoms with van der Waals surface area (Å²) >= 11 is 7.19. The van der Waals surface area contributed by atoms with Crippen LogP contribution in [0.2, 0.25) is 0 Å². The minimum absolute atomic E-state index is 0.336. The lowest BCUT2D eigenvalue weighted by atomic mass is 10.1. The maximum absolute atomic E-state index is 5.95. The van der Waals surface area contributed by atoms with Crippen LogP contribution in [0.1, 0.15) is 24.3 Å². The van der Waals surface area contributed by atoms with Crippen LogP contribution in [0.5, 0.6) is 0 Å². The van der Waals surface area contributed by atoms with Crippen molar-refractivity contribution in [1.29, 1.82) is 0 Å². The van der Waals surface area contributed by atoms with E-state index >= 15 is 0 Å². The molecule has 0 radical (unpaired) electrons. The highest BCUT2D eigenvalue weighted by molar-refractivity contribution is 9.10. The standard InChI is InChI=1S/C12H21BrN2S2/c1-4-10(8-16-3)15(2)11(6-14)12-5-9(13)7-17-12/h5,7,10-11H,4,6,8,14H2,1-3H3. The molecule has 0 aromatic carbocycles. The molecule has 98 valence electrons. The van der Waals surface area contributed by atoms with Crippen molar-refractivity contribution in [2.75, 3.05) is 25.6 Å². The number of halogens is 1. The summed E-state index contributed by atoms with van der Waals surface area (Å²) in [6, 6.07) is 3.12. The summed E-state index contributed by atoms with van der Waals surface area (Å²) in [4.78, 5) is 3.77. The van der Waals surface area contributed by atoms with Crippen molar-refractivity contribution in [2.24, 2.45) is 5.73 Å². The van der Waals surface area contributed by atoms with Crippen LogP contribution in [0.15, 0.2) is 15.9 Å². The Morgan fingerprint density at radius 1 is 1.59 bits per heavy atom. The maximum atomic E-state index is 5.95. The molecular formula is C12H21BrN2S2. The summed E-state index contributed by atoms with van der Waals surface area (Å²) in [5.74, 6) is 1.16. The first kappa shape index (κ1) is 15.5. The lowest BCUT2D eigenvalue weighted by Gasteiger charge is -2.33. The SMILES string of the molecule is CCC(CSC)N(C)C(CN)c1cc(Br)cs1. The van der Waals surface area contributed by atoms with Crippen LogP contribution in [0, 0.1) is 0 Å². The topological polar surface area (TPSA) is 29.3 Å². The Bertz CT molecular complexity index is 330. The second-order valence-corrected chi connectivity index (χ2v) is 6.87. The first-order chi connectivity index (χ1) is 8.13. The molecule has 1 rings (SSSR count). The molecule has 2 unspecified atom stereocenters. The van der Waals surface area contributed by atoms with E-state index in [1.807, 2.05) is 11.8 Å². The first-order valence-electron chi connectivity index (χ1n) is 5.78. The molecule has 0 saturated carbocycles. The minimum atomic E-state index is 0.336. The highest BCUT2D eigenvalue weighted by Gasteiger charge is 2.22. The third-order valence-corrected chi connectivity index (χ3v) is 5.55. The van der Waals surface area contributed by atoms with E-state index in [1.165, 1.54) is 11.3 Å². The minimum Gasteiger partial charge on any atom is -0.329 e. The summed E-state index contributed by atoms with van der Waals surface area (Å²) in [7, 11) is 2.19. The van der Waals surface area contributed by atoms with Gasteiger partial charge in [-0.2, -0.15) is 11.8 Å². The molecule has 0 aliphatic rings. The number of rotatable bonds is 7. The smallest absolute Gasteiger partial charge is 0.0564 e.